The minimum absolute atomic E-state index is 0.0939. The Labute approximate surface area is 161 Å². The minimum Gasteiger partial charge on any atom is -0.346 e. The highest BCUT2D eigenvalue weighted by atomic mass is 16.2. The molecule has 0 aliphatic carbocycles. The second-order valence-corrected chi connectivity index (χ2v) is 8.27. The highest BCUT2D eigenvalue weighted by Crippen LogP contribution is 2.25. The molecule has 4 nitrogen and oxygen atoms in total. The van der Waals surface area contributed by atoms with Crippen molar-refractivity contribution in [2.24, 2.45) is 0 Å². The Kier molecular flexibility index (Phi) is 5.36. The largest absolute Gasteiger partial charge is 0.346 e. The molecule has 1 N–H and O–H groups in total. The van der Waals surface area contributed by atoms with Crippen LogP contribution in [-0.2, 0) is 10.2 Å². The van der Waals surface area contributed by atoms with Crippen LogP contribution in [0.25, 0.3) is 0 Å². The van der Waals surface area contributed by atoms with Crippen molar-refractivity contribution < 1.29 is 9.59 Å². The van der Waals surface area contributed by atoms with Crippen LogP contribution in [0.2, 0.25) is 0 Å². The molecule has 3 rings (SSSR count). The molecule has 1 aliphatic heterocycles. The van der Waals surface area contributed by atoms with Crippen molar-refractivity contribution in [1.29, 1.82) is 0 Å². The SMILES string of the molecule is CC(NC(=O)c1cccc(N2CCCC2=O)c1)c1ccc(C(C)(C)C)cc1. The predicted molar refractivity (Wildman–Crippen MR) is 109 cm³/mol. The number of anilines is 1. The Morgan fingerprint density at radius 2 is 1.81 bits per heavy atom. The quantitative estimate of drug-likeness (QED) is 0.862. The Bertz CT molecular complexity index is 834. The van der Waals surface area contributed by atoms with Crippen molar-refractivity contribution in [3.05, 3.63) is 65.2 Å². The molecule has 27 heavy (non-hydrogen) atoms. The molecule has 1 fully saturated rings. The lowest BCUT2D eigenvalue weighted by Gasteiger charge is -2.21. The van der Waals surface area contributed by atoms with Crippen LogP contribution in [-0.4, -0.2) is 18.4 Å². The third-order valence-electron chi connectivity index (χ3n) is 5.12. The lowest BCUT2D eigenvalue weighted by Crippen LogP contribution is -2.28. The van der Waals surface area contributed by atoms with Gasteiger partial charge in [0.15, 0.2) is 0 Å². The number of hydrogen-bond donors (Lipinski definition) is 1. The summed E-state index contributed by atoms with van der Waals surface area (Å²) in [6, 6.07) is 15.6. The molecule has 1 saturated heterocycles. The fourth-order valence-corrected chi connectivity index (χ4v) is 3.37. The summed E-state index contributed by atoms with van der Waals surface area (Å²) in [7, 11) is 0. The van der Waals surface area contributed by atoms with E-state index < -0.39 is 0 Å². The average molecular weight is 364 g/mol. The van der Waals surface area contributed by atoms with E-state index in [4.69, 9.17) is 0 Å². The van der Waals surface area contributed by atoms with Crippen LogP contribution in [0.15, 0.2) is 48.5 Å². The molecule has 2 amide bonds. The molecule has 2 aromatic carbocycles. The van der Waals surface area contributed by atoms with Gasteiger partial charge in [0.2, 0.25) is 5.91 Å². The maximum atomic E-state index is 12.7. The molecular weight excluding hydrogens is 336 g/mol. The molecule has 0 bridgehead atoms. The number of carbonyl (C=O) groups is 2. The highest BCUT2D eigenvalue weighted by molar-refractivity contribution is 5.99. The van der Waals surface area contributed by atoms with E-state index in [1.165, 1.54) is 5.56 Å². The molecule has 4 heteroatoms. The Morgan fingerprint density at radius 1 is 1.11 bits per heavy atom. The van der Waals surface area contributed by atoms with Crippen molar-refractivity contribution >= 4 is 17.5 Å². The number of nitrogens with one attached hydrogen (secondary N) is 1. The first-order valence-electron chi connectivity index (χ1n) is 9.57. The zero-order valence-corrected chi connectivity index (χ0v) is 16.6. The Hall–Kier alpha value is -2.62. The summed E-state index contributed by atoms with van der Waals surface area (Å²) in [4.78, 5) is 26.4. The maximum Gasteiger partial charge on any atom is 0.251 e. The van der Waals surface area contributed by atoms with Crippen LogP contribution in [0, 0.1) is 0 Å². The highest BCUT2D eigenvalue weighted by Gasteiger charge is 2.22. The van der Waals surface area contributed by atoms with Gasteiger partial charge in [-0.15, -0.1) is 0 Å². The fourth-order valence-electron chi connectivity index (χ4n) is 3.37. The standard InChI is InChI=1S/C23H28N2O2/c1-16(17-10-12-19(13-11-17)23(2,3)4)24-22(27)18-7-5-8-20(15-18)25-14-6-9-21(25)26/h5,7-8,10-13,15-16H,6,9,14H2,1-4H3,(H,24,27). The van der Waals surface area contributed by atoms with Crippen LogP contribution in [0.5, 0.6) is 0 Å². The van der Waals surface area contributed by atoms with E-state index >= 15 is 0 Å². The Balaban J connectivity index is 1.70. The van der Waals surface area contributed by atoms with E-state index in [-0.39, 0.29) is 23.3 Å². The first-order chi connectivity index (χ1) is 12.8. The summed E-state index contributed by atoms with van der Waals surface area (Å²) in [5.74, 6) is -0.00393. The molecule has 0 radical (unpaired) electrons. The molecule has 0 saturated carbocycles. The van der Waals surface area contributed by atoms with Gasteiger partial charge in [0, 0.05) is 24.2 Å². The monoisotopic (exact) mass is 364 g/mol. The van der Waals surface area contributed by atoms with Gasteiger partial charge in [-0.1, -0.05) is 51.1 Å². The molecule has 1 heterocycles. The predicted octanol–water partition coefficient (Wildman–Crippen LogP) is 4.60. The molecule has 1 atom stereocenters. The van der Waals surface area contributed by atoms with Crippen molar-refractivity contribution in [1.82, 2.24) is 5.32 Å². The molecule has 0 spiro atoms. The maximum absolute atomic E-state index is 12.7. The van der Waals surface area contributed by atoms with Gasteiger partial charge in [-0.05, 0) is 48.1 Å². The number of benzene rings is 2. The summed E-state index contributed by atoms with van der Waals surface area (Å²) < 4.78 is 0. The van der Waals surface area contributed by atoms with Crippen LogP contribution < -0.4 is 10.2 Å². The van der Waals surface area contributed by atoms with Gasteiger partial charge in [0.25, 0.3) is 5.91 Å². The molecule has 142 valence electrons. The second kappa shape index (κ2) is 7.55. The van der Waals surface area contributed by atoms with Gasteiger partial charge < -0.3 is 10.2 Å². The molecule has 1 aliphatic rings. The first-order valence-corrected chi connectivity index (χ1v) is 9.57. The number of amides is 2. The molecule has 0 aromatic heterocycles. The van der Waals surface area contributed by atoms with E-state index in [2.05, 4.69) is 50.4 Å². The molecule has 1 unspecified atom stereocenters. The average Bonchev–Trinajstić information content (AvgIpc) is 3.07. The van der Waals surface area contributed by atoms with E-state index in [9.17, 15) is 9.59 Å². The summed E-state index contributed by atoms with van der Waals surface area (Å²) in [6.07, 6.45) is 1.45. The van der Waals surface area contributed by atoms with Crippen molar-refractivity contribution in [2.45, 2.75) is 52.0 Å². The molecular formula is C23H28N2O2. The number of carbonyl (C=O) groups excluding carboxylic acids is 2. The smallest absolute Gasteiger partial charge is 0.251 e. The number of nitrogens with zero attached hydrogens (tertiary/aromatic N) is 1. The normalized spacial score (nSPS) is 15.7. The first kappa shape index (κ1) is 19.2. The van der Waals surface area contributed by atoms with Gasteiger partial charge in [-0.2, -0.15) is 0 Å². The van der Waals surface area contributed by atoms with Crippen molar-refractivity contribution in [3.8, 4) is 0 Å². The zero-order chi connectivity index (χ0) is 19.6. The zero-order valence-electron chi connectivity index (χ0n) is 16.6. The third kappa shape index (κ3) is 4.38. The topological polar surface area (TPSA) is 49.4 Å². The lowest BCUT2D eigenvalue weighted by molar-refractivity contribution is -0.117. The van der Waals surface area contributed by atoms with Crippen LogP contribution >= 0.6 is 0 Å². The second-order valence-electron chi connectivity index (χ2n) is 8.27. The summed E-state index contributed by atoms with van der Waals surface area (Å²) in [5.41, 5.74) is 3.83. The van der Waals surface area contributed by atoms with Crippen LogP contribution in [0.1, 0.15) is 68.1 Å². The summed E-state index contributed by atoms with van der Waals surface area (Å²) in [5, 5.41) is 3.06. The number of rotatable bonds is 4. The van der Waals surface area contributed by atoms with Gasteiger partial charge in [0.1, 0.15) is 0 Å². The lowest BCUT2D eigenvalue weighted by atomic mass is 9.86. The Morgan fingerprint density at radius 3 is 2.41 bits per heavy atom. The van der Waals surface area contributed by atoms with Crippen LogP contribution in [0.3, 0.4) is 0 Å². The van der Waals surface area contributed by atoms with Crippen LogP contribution in [0.4, 0.5) is 5.69 Å². The third-order valence-corrected chi connectivity index (χ3v) is 5.12. The van der Waals surface area contributed by atoms with Crippen molar-refractivity contribution in [2.75, 3.05) is 11.4 Å². The van der Waals surface area contributed by atoms with E-state index in [0.717, 1.165) is 24.2 Å². The van der Waals surface area contributed by atoms with Gasteiger partial charge >= 0.3 is 0 Å². The summed E-state index contributed by atoms with van der Waals surface area (Å²) >= 11 is 0. The van der Waals surface area contributed by atoms with E-state index in [1.54, 1.807) is 17.0 Å². The van der Waals surface area contributed by atoms with Gasteiger partial charge in [-0.25, -0.2) is 0 Å². The van der Waals surface area contributed by atoms with Gasteiger partial charge in [-0.3, -0.25) is 9.59 Å². The van der Waals surface area contributed by atoms with E-state index in [1.807, 2.05) is 19.1 Å². The van der Waals surface area contributed by atoms with Crippen molar-refractivity contribution in [3.63, 3.8) is 0 Å². The molecule has 2 aromatic rings. The summed E-state index contributed by atoms with van der Waals surface area (Å²) in [6.45, 7) is 9.26. The number of hydrogen-bond acceptors (Lipinski definition) is 2. The fraction of sp³-hybridized carbons (Fsp3) is 0.391. The van der Waals surface area contributed by atoms with E-state index in [0.29, 0.717) is 12.0 Å². The minimum atomic E-state index is -0.129. The van der Waals surface area contributed by atoms with Gasteiger partial charge in [0.05, 0.1) is 6.04 Å².